The molecule has 0 fully saturated rings. The van der Waals surface area contributed by atoms with Gasteiger partial charge in [-0.3, -0.25) is 9.48 Å². The zero-order valence-electron chi connectivity index (χ0n) is 12.7. The highest BCUT2D eigenvalue weighted by Gasteiger charge is 2.11. The van der Waals surface area contributed by atoms with Crippen LogP contribution < -0.4 is 4.74 Å². The summed E-state index contributed by atoms with van der Waals surface area (Å²) in [6, 6.07) is 7.28. The summed E-state index contributed by atoms with van der Waals surface area (Å²) >= 11 is 0. The number of nitrogens with zero attached hydrogens (tertiary/aromatic N) is 3. The Morgan fingerprint density at radius 2 is 2.00 bits per heavy atom. The average Bonchev–Trinajstić information content (AvgIpc) is 2.96. The lowest BCUT2D eigenvalue weighted by molar-refractivity contribution is -0.131. The number of unbranched alkanes of at least 4 members (excludes halogenated alkanes) is 3. The maximum atomic E-state index is 11.1. The van der Waals surface area contributed by atoms with E-state index in [1.807, 2.05) is 24.4 Å². The van der Waals surface area contributed by atoms with Crippen molar-refractivity contribution in [3.8, 4) is 17.0 Å². The van der Waals surface area contributed by atoms with Crippen molar-refractivity contribution in [3.63, 3.8) is 0 Å². The lowest BCUT2D eigenvalue weighted by Crippen LogP contribution is -2.02. The van der Waals surface area contributed by atoms with Crippen LogP contribution in [0.15, 0.2) is 30.5 Å². The summed E-state index contributed by atoms with van der Waals surface area (Å²) < 4.78 is 6.99. The topological polar surface area (TPSA) is 77.2 Å². The predicted octanol–water partition coefficient (Wildman–Crippen LogP) is 2.42. The number of carbonyl (C=O) groups is 1. The molecule has 0 aliphatic carbocycles. The van der Waals surface area contributed by atoms with Gasteiger partial charge in [-0.2, -0.15) is 0 Å². The molecule has 0 unspecified atom stereocenters. The van der Waals surface area contributed by atoms with E-state index in [-0.39, 0.29) is 12.6 Å². The van der Waals surface area contributed by atoms with Crippen molar-refractivity contribution in [2.24, 2.45) is 0 Å². The van der Waals surface area contributed by atoms with E-state index in [0.29, 0.717) is 11.4 Å². The third-order valence-corrected chi connectivity index (χ3v) is 3.25. The summed E-state index contributed by atoms with van der Waals surface area (Å²) in [5.41, 5.74) is 1.44. The fourth-order valence-electron chi connectivity index (χ4n) is 2.19. The number of esters is 1. The van der Waals surface area contributed by atoms with Crippen molar-refractivity contribution in [2.45, 2.75) is 39.2 Å². The number of rotatable bonds is 8. The molecule has 22 heavy (non-hydrogen) atoms. The van der Waals surface area contributed by atoms with Gasteiger partial charge >= 0.3 is 5.97 Å². The van der Waals surface area contributed by atoms with Crippen molar-refractivity contribution in [1.29, 1.82) is 0 Å². The van der Waals surface area contributed by atoms with Crippen LogP contribution in [-0.4, -0.2) is 32.7 Å². The minimum absolute atomic E-state index is 0.250. The number of aliphatic hydroxyl groups is 1. The third-order valence-electron chi connectivity index (χ3n) is 3.25. The van der Waals surface area contributed by atoms with Crippen LogP contribution in [0.5, 0.6) is 5.75 Å². The van der Waals surface area contributed by atoms with E-state index in [0.717, 1.165) is 37.8 Å². The van der Waals surface area contributed by atoms with Crippen LogP contribution >= 0.6 is 0 Å². The fourth-order valence-corrected chi connectivity index (χ4v) is 2.19. The van der Waals surface area contributed by atoms with Crippen molar-refractivity contribution in [1.82, 2.24) is 15.0 Å². The van der Waals surface area contributed by atoms with Gasteiger partial charge in [-0.1, -0.05) is 30.2 Å². The van der Waals surface area contributed by atoms with Crippen molar-refractivity contribution in [3.05, 3.63) is 30.5 Å². The molecule has 0 amide bonds. The Kier molecular flexibility index (Phi) is 6.09. The highest BCUT2D eigenvalue weighted by atomic mass is 16.5. The number of ether oxygens (including phenoxy) is 1. The van der Waals surface area contributed by atoms with Crippen LogP contribution in [0.2, 0.25) is 0 Å². The first-order valence-electron chi connectivity index (χ1n) is 7.49. The highest BCUT2D eigenvalue weighted by molar-refractivity contribution is 5.74. The highest BCUT2D eigenvalue weighted by Crippen LogP contribution is 2.28. The van der Waals surface area contributed by atoms with Crippen molar-refractivity contribution < 1.29 is 14.6 Å². The Balaban J connectivity index is 2.00. The van der Waals surface area contributed by atoms with E-state index in [2.05, 4.69) is 10.3 Å². The molecule has 0 radical (unpaired) electrons. The molecule has 1 N–H and O–H groups in total. The fraction of sp³-hybridized carbons (Fsp3) is 0.438. The number of carbonyl (C=O) groups excluding carboxylic acids is 1. The van der Waals surface area contributed by atoms with Gasteiger partial charge in [0.25, 0.3) is 0 Å². The molecule has 118 valence electrons. The first kappa shape index (κ1) is 16.2. The van der Waals surface area contributed by atoms with Crippen LogP contribution in [0.1, 0.15) is 32.6 Å². The molecular formula is C16H21N3O3. The van der Waals surface area contributed by atoms with Crippen LogP contribution in [0.25, 0.3) is 11.3 Å². The standard InChI is InChI=1S/C16H21N3O3/c1-13(21)22-16-9-5-4-8-14(16)15-12-19(18-17-15)10-6-2-3-7-11-20/h4-5,8-9,12,20H,2-3,6-7,10-11H2,1H3. The van der Waals surface area contributed by atoms with E-state index in [9.17, 15) is 4.79 Å². The summed E-state index contributed by atoms with van der Waals surface area (Å²) in [4.78, 5) is 11.1. The van der Waals surface area contributed by atoms with Crippen LogP contribution in [-0.2, 0) is 11.3 Å². The molecular weight excluding hydrogens is 282 g/mol. The maximum absolute atomic E-state index is 11.1. The average molecular weight is 303 g/mol. The second-order valence-corrected chi connectivity index (χ2v) is 5.09. The lowest BCUT2D eigenvalue weighted by Gasteiger charge is -2.05. The Morgan fingerprint density at radius 1 is 1.23 bits per heavy atom. The number of aryl methyl sites for hydroxylation is 1. The lowest BCUT2D eigenvalue weighted by atomic mass is 10.1. The Bertz CT molecular complexity index is 610. The van der Waals surface area contributed by atoms with Gasteiger partial charge < -0.3 is 9.84 Å². The molecule has 0 saturated heterocycles. The smallest absolute Gasteiger partial charge is 0.308 e. The van der Waals surface area contributed by atoms with Gasteiger partial charge in [0, 0.05) is 25.6 Å². The van der Waals surface area contributed by atoms with Crippen LogP contribution in [0.4, 0.5) is 0 Å². The molecule has 0 bridgehead atoms. The van der Waals surface area contributed by atoms with E-state index < -0.39 is 0 Å². The number of para-hydroxylation sites is 1. The van der Waals surface area contributed by atoms with Gasteiger partial charge in [0.2, 0.25) is 0 Å². The number of aliphatic hydroxyl groups excluding tert-OH is 1. The summed E-state index contributed by atoms with van der Waals surface area (Å²) in [7, 11) is 0. The maximum Gasteiger partial charge on any atom is 0.308 e. The van der Waals surface area contributed by atoms with Gasteiger partial charge in [0.1, 0.15) is 11.4 Å². The molecule has 6 heteroatoms. The van der Waals surface area contributed by atoms with Gasteiger partial charge in [-0.15, -0.1) is 5.10 Å². The largest absolute Gasteiger partial charge is 0.426 e. The summed E-state index contributed by atoms with van der Waals surface area (Å²) in [5.74, 6) is 0.133. The molecule has 2 rings (SSSR count). The summed E-state index contributed by atoms with van der Waals surface area (Å²) in [6.07, 6.45) is 5.77. The second kappa shape index (κ2) is 8.29. The Morgan fingerprint density at radius 3 is 2.77 bits per heavy atom. The SMILES string of the molecule is CC(=O)Oc1ccccc1-c1cn(CCCCCCO)nn1. The molecule has 6 nitrogen and oxygen atoms in total. The normalized spacial score (nSPS) is 10.6. The summed E-state index contributed by atoms with van der Waals surface area (Å²) in [5, 5.41) is 17.0. The Labute approximate surface area is 129 Å². The molecule has 0 aliphatic heterocycles. The summed E-state index contributed by atoms with van der Waals surface area (Å²) in [6.45, 7) is 2.41. The van der Waals surface area contributed by atoms with E-state index >= 15 is 0 Å². The molecule has 0 atom stereocenters. The van der Waals surface area contributed by atoms with Gasteiger partial charge in [-0.05, 0) is 25.0 Å². The molecule has 0 saturated carbocycles. The number of hydrogen-bond donors (Lipinski definition) is 1. The van der Waals surface area contributed by atoms with E-state index in [1.165, 1.54) is 6.92 Å². The second-order valence-electron chi connectivity index (χ2n) is 5.09. The van der Waals surface area contributed by atoms with Gasteiger partial charge in [0.15, 0.2) is 0 Å². The minimum Gasteiger partial charge on any atom is -0.426 e. The zero-order valence-corrected chi connectivity index (χ0v) is 12.7. The van der Waals surface area contributed by atoms with E-state index in [1.54, 1.807) is 10.7 Å². The molecule has 0 spiro atoms. The number of aromatic nitrogens is 3. The number of hydrogen-bond acceptors (Lipinski definition) is 5. The predicted molar refractivity (Wildman–Crippen MR) is 82.3 cm³/mol. The molecule has 2 aromatic rings. The van der Waals surface area contributed by atoms with Crippen LogP contribution in [0, 0.1) is 0 Å². The van der Waals surface area contributed by atoms with E-state index in [4.69, 9.17) is 9.84 Å². The number of benzene rings is 1. The van der Waals surface area contributed by atoms with Gasteiger partial charge in [0.05, 0.1) is 6.20 Å². The van der Waals surface area contributed by atoms with Gasteiger partial charge in [-0.25, -0.2) is 0 Å². The zero-order chi connectivity index (χ0) is 15.8. The quantitative estimate of drug-likeness (QED) is 0.460. The minimum atomic E-state index is -0.358. The molecule has 1 aromatic heterocycles. The van der Waals surface area contributed by atoms with Crippen molar-refractivity contribution >= 4 is 5.97 Å². The first-order chi connectivity index (χ1) is 10.7. The molecule has 0 aliphatic rings. The third kappa shape index (κ3) is 4.66. The van der Waals surface area contributed by atoms with Crippen LogP contribution in [0.3, 0.4) is 0 Å². The monoisotopic (exact) mass is 303 g/mol. The Hall–Kier alpha value is -2.21. The molecule has 1 aromatic carbocycles. The first-order valence-corrected chi connectivity index (χ1v) is 7.49. The van der Waals surface area contributed by atoms with Crippen molar-refractivity contribution in [2.75, 3.05) is 6.61 Å². The molecule has 1 heterocycles.